The summed E-state index contributed by atoms with van der Waals surface area (Å²) in [6.07, 6.45) is 2.75. The van der Waals surface area contributed by atoms with Crippen LogP contribution in [0, 0.1) is 10.1 Å². The van der Waals surface area contributed by atoms with Crippen molar-refractivity contribution in [2.75, 3.05) is 0 Å². The maximum absolute atomic E-state index is 10.6. The Balaban J connectivity index is 2.51. The van der Waals surface area contributed by atoms with Gasteiger partial charge >= 0.3 is 0 Å². The predicted molar refractivity (Wildman–Crippen MR) is 54.5 cm³/mol. The average molecular weight is 220 g/mol. The Morgan fingerprint density at radius 3 is 2.88 bits per heavy atom. The summed E-state index contributed by atoms with van der Waals surface area (Å²) >= 11 is 0. The van der Waals surface area contributed by atoms with E-state index in [9.17, 15) is 10.1 Å². The molecule has 0 saturated carbocycles. The Kier molecular flexibility index (Phi) is 2.65. The molecule has 1 heterocycles. The van der Waals surface area contributed by atoms with E-state index in [1.54, 1.807) is 0 Å². The molecule has 16 heavy (non-hydrogen) atoms. The van der Waals surface area contributed by atoms with Gasteiger partial charge in [-0.25, -0.2) is 4.98 Å². The van der Waals surface area contributed by atoms with E-state index in [0.717, 1.165) is 0 Å². The van der Waals surface area contributed by atoms with Gasteiger partial charge in [0.15, 0.2) is 12.2 Å². The second kappa shape index (κ2) is 4.11. The van der Waals surface area contributed by atoms with Crippen LogP contribution in [0.15, 0.2) is 35.2 Å². The van der Waals surface area contributed by atoms with Crippen LogP contribution in [0.4, 0.5) is 5.69 Å². The standard InChI is InChI=1S/C10H8N2O4/c13-5-7-3-8(12(14)15)1-2-9(7)10-4-11-6-16-10/h1-4,6,13H,5H2. The first-order valence-electron chi connectivity index (χ1n) is 4.49. The zero-order chi connectivity index (χ0) is 11.5. The Labute approximate surface area is 90.3 Å². The molecule has 0 aliphatic rings. The van der Waals surface area contributed by atoms with E-state index in [1.807, 2.05) is 0 Å². The fraction of sp³-hybridized carbons (Fsp3) is 0.100. The zero-order valence-corrected chi connectivity index (χ0v) is 8.16. The number of nitrogens with zero attached hydrogens (tertiary/aromatic N) is 2. The molecule has 0 fully saturated rings. The summed E-state index contributed by atoms with van der Waals surface area (Å²) in [4.78, 5) is 13.8. The lowest BCUT2D eigenvalue weighted by Crippen LogP contribution is -1.93. The first-order chi connectivity index (χ1) is 7.72. The molecule has 1 N–H and O–H groups in total. The number of aliphatic hydroxyl groups is 1. The van der Waals surface area contributed by atoms with Crippen molar-refractivity contribution in [3.63, 3.8) is 0 Å². The third-order valence-electron chi connectivity index (χ3n) is 2.17. The van der Waals surface area contributed by atoms with Crippen LogP contribution in [0.3, 0.4) is 0 Å². The van der Waals surface area contributed by atoms with Crippen LogP contribution in [0.25, 0.3) is 11.3 Å². The van der Waals surface area contributed by atoms with Gasteiger partial charge in [0.1, 0.15) is 0 Å². The van der Waals surface area contributed by atoms with Gasteiger partial charge in [-0.15, -0.1) is 0 Å². The number of aromatic nitrogens is 1. The Hall–Kier alpha value is -2.21. The molecule has 82 valence electrons. The zero-order valence-electron chi connectivity index (χ0n) is 8.16. The molecule has 1 aromatic carbocycles. The number of aliphatic hydroxyl groups excluding tert-OH is 1. The highest BCUT2D eigenvalue weighted by atomic mass is 16.6. The van der Waals surface area contributed by atoms with E-state index >= 15 is 0 Å². The van der Waals surface area contributed by atoms with E-state index in [4.69, 9.17) is 9.52 Å². The quantitative estimate of drug-likeness (QED) is 0.628. The summed E-state index contributed by atoms with van der Waals surface area (Å²) in [7, 11) is 0. The number of hydrogen-bond donors (Lipinski definition) is 1. The molecule has 2 aromatic rings. The van der Waals surface area contributed by atoms with Crippen molar-refractivity contribution in [2.45, 2.75) is 6.61 Å². The molecule has 2 rings (SSSR count). The number of benzene rings is 1. The molecule has 0 atom stereocenters. The lowest BCUT2D eigenvalue weighted by Gasteiger charge is -2.03. The van der Waals surface area contributed by atoms with Gasteiger partial charge in [-0.3, -0.25) is 10.1 Å². The van der Waals surface area contributed by atoms with E-state index in [1.165, 1.54) is 30.8 Å². The maximum atomic E-state index is 10.6. The lowest BCUT2D eigenvalue weighted by atomic mass is 10.1. The summed E-state index contributed by atoms with van der Waals surface area (Å²) in [5, 5.41) is 19.7. The summed E-state index contributed by atoms with van der Waals surface area (Å²) < 4.78 is 5.07. The molecule has 0 saturated heterocycles. The first kappa shape index (κ1) is 10.3. The largest absolute Gasteiger partial charge is 0.444 e. The van der Waals surface area contributed by atoms with Crippen LogP contribution in [-0.4, -0.2) is 15.0 Å². The number of nitro groups is 1. The summed E-state index contributed by atoms with van der Waals surface area (Å²) in [6.45, 7) is -0.294. The Bertz CT molecular complexity index is 508. The van der Waals surface area contributed by atoms with Gasteiger partial charge in [-0.2, -0.15) is 0 Å². The van der Waals surface area contributed by atoms with Gasteiger partial charge in [0, 0.05) is 17.7 Å². The second-order valence-corrected chi connectivity index (χ2v) is 3.12. The third-order valence-corrected chi connectivity index (χ3v) is 2.17. The summed E-state index contributed by atoms with van der Waals surface area (Å²) in [5.74, 6) is 0.471. The van der Waals surface area contributed by atoms with Crippen molar-refractivity contribution in [3.05, 3.63) is 46.5 Å². The lowest BCUT2D eigenvalue weighted by molar-refractivity contribution is -0.384. The SMILES string of the molecule is O=[N+]([O-])c1ccc(-c2cnco2)c(CO)c1. The van der Waals surface area contributed by atoms with Gasteiger partial charge in [0.2, 0.25) is 0 Å². The highest BCUT2D eigenvalue weighted by Gasteiger charge is 2.13. The van der Waals surface area contributed by atoms with Crippen LogP contribution in [0.2, 0.25) is 0 Å². The number of hydrogen-bond acceptors (Lipinski definition) is 5. The van der Waals surface area contributed by atoms with Gasteiger partial charge in [0.05, 0.1) is 17.7 Å². The average Bonchev–Trinajstić information content (AvgIpc) is 2.81. The molecule has 1 aromatic heterocycles. The van der Waals surface area contributed by atoms with Crippen LogP contribution >= 0.6 is 0 Å². The van der Waals surface area contributed by atoms with E-state index in [2.05, 4.69) is 4.98 Å². The van der Waals surface area contributed by atoms with Crippen molar-refractivity contribution in [2.24, 2.45) is 0 Å². The maximum Gasteiger partial charge on any atom is 0.269 e. The second-order valence-electron chi connectivity index (χ2n) is 3.12. The first-order valence-corrected chi connectivity index (χ1v) is 4.49. The van der Waals surface area contributed by atoms with E-state index in [-0.39, 0.29) is 12.3 Å². The van der Waals surface area contributed by atoms with Crippen LogP contribution in [-0.2, 0) is 6.61 Å². The van der Waals surface area contributed by atoms with Crippen LogP contribution in [0.1, 0.15) is 5.56 Å². The minimum absolute atomic E-state index is 0.0627. The van der Waals surface area contributed by atoms with E-state index < -0.39 is 4.92 Å². The van der Waals surface area contributed by atoms with Gasteiger partial charge in [-0.05, 0) is 11.6 Å². The van der Waals surface area contributed by atoms with Crippen molar-refractivity contribution in [1.29, 1.82) is 0 Å². The molecule has 0 bridgehead atoms. The number of rotatable bonds is 3. The smallest absolute Gasteiger partial charge is 0.269 e. The van der Waals surface area contributed by atoms with Crippen molar-refractivity contribution in [1.82, 2.24) is 4.98 Å². The normalized spacial score (nSPS) is 10.3. The fourth-order valence-electron chi connectivity index (χ4n) is 1.41. The minimum Gasteiger partial charge on any atom is -0.444 e. The minimum atomic E-state index is -0.511. The highest BCUT2D eigenvalue weighted by Crippen LogP contribution is 2.27. The fourth-order valence-corrected chi connectivity index (χ4v) is 1.41. The topological polar surface area (TPSA) is 89.4 Å². The van der Waals surface area contributed by atoms with Crippen molar-refractivity contribution < 1.29 is 14.4 Å². The Morgan fingerprint density at radius 2 is 2.31 bits per heavy atom. The number of nitro benzene ring substituents is 1. The molecule has 0 radical (unpaired) electrons. The molecular weight excluding hydrogens is 212 g/mol. The molecule has 0 amide bonds. The molecule has 6 heteroatoms. The van der Waals surface area contributed by atoms with Crippen molar-refractivity contribution in [3.8, 4) is 11.3 Å². The number of non-ortho nitro benzene ring substituents is 1. The van der Waals surface area contributed by atoms with Crippen molar-refractivity contribution >= 4 is 5.69 Å². The number of oxazole rings is 1. The van der Waals surface area contributed by atoms with Gasteiger partial charge in [0.25, 0.3) is 5.69 Å². The van der Waals surface area contributed by atoms with Crippen LogP contribution in [0.5, 0.6) is 0 Å². The van der Waals surface area contributed by atoms with Crippen LogP contribution < -0.4 is 0 Å². The van der Waals surface area contributed by atoms with Gasteiger partial charge in [-0.1, -0.05) is 0 Å². The molecule has 0 unspecified atom stereocenters. The molecule has 0 aliphatic carbocycles. The molecule has 0 aliphatic heterocycles. The monoisotopic (exact) mass is 220 g/mol. The third kappa shape index (κ3) is 1.78. The molecular formula is C10H8N2O4. The van der Waals surface area contributed by atoms with Gasteiger partial charge < -0.3 is 9.52 Å². The summed E-state index contributed by atoms with van der Waals surface area (Å²) in [5.41, 5.74) is 0.976. The Morgan fingerprint density at radius 1 is 1.50 bits per heavy atom. The predicted octanol–water partition coefficient (Wildman–Crippen LogP) is 1.74. The molecule has 0 spiro atoms. The molecule has 6 nitrogen and oxygen atoms in total. The summed E-state index contributed by atoms with van der Waals surface area (Å²) in [6, 6.07) is 4.21. The highest BCUT2D eigenvalue weighted by molar-refractivity contribution is 5.63. The van der Waals surface area contributed by atoms with E-state index in [0.29, 0.717) is 16.9 Å².